The van der Waals surface area contributed by atoms with Crippen LogP contribution in [0.5, 0.6) is 17.2 Å². The van der Waals surface area contributed by atoms with E-state index in [2.05, 4.69) is 21.3 Å². The smallest absolute Gasteiger partial charge is 0.255 e. The van der Waals surface area contributed by atoms with Gasteiger partial charge in [0.05, 0.1) is 18.0 Å². The molecule has 5 amide bonds. The molecular weight excluding hydrogens is 666 g/mol. The first-order valence-corrected chi connectivity index (χ1v) is 17.6. The number of ether oxygens (including phenoxy) is 3. The number of carbonyl (C=O) groups is 5. The number of nitrogens with zero attached hydrogens (tertiary/aromatic N) is 1. The molecule has 0 aromatic heterocycles. The molecule has 2 heterocycles. The van der Waals surface area contributed by atoms with Gasteiger partial charge in [0.1, 0.15) is 43.7 Å². The predicted octanol–water partition coefficient (Wildman–Crippen LogP) is 2.41. The third kappa shape index (κ3) is 9.80. The van der Waals surface area contributed by atoms with Crippen LogP contribution in [-0.4, -0.2) is 92.0 Å². The van der Waals surface area contributed by atoms with E-state index in [1.165, 1.54) is 11.9 Å². The monoisotopic (exact) mass is 713 g/mol. The van der Waals surface area contributed by atoms with Gasteiger partial charge >= 0.3 is 0 Å². The second-order valence-corrected chi connectivity index (χ2v) is 13.4. The fraction of sp³-hybridized carbons (Fsp3) is 0.410. The van der Waals surface area contributed by atoms with Gasteiger partial charge in [-0.15, -0.1) is 0 Å². The Bertz CT molecular complexity index is 1750. The summed E-state index contributed by atoms with van der Waals surface area (Å²) in [4.78, 5) is 70.2. The first-order valence-electron chi connectivity index (χ1n) is 17.6. The van der Waals surface area contributed by atoms with Crippen LogP contribution in [0, 0.1) is 5.92 Å². The van der Waals surface area contributed by atoms with Crippen molar-refractivity contribution in [1.29, 1.82) is 0 Å². The van der Waals surface area contributed by atoms with Crippen molar-refractivity contribution in [1.82, 2.24) is 26.2 Å². The Labute approximate surface area is 303 Å². The summed E-state index contributed by atoms with van der Waals surface area (Å²) in [6.07, 6.45) is 0.164. The average molecular weight is 714 g/mol. The van der Waals surface area contributed by atoms with E-state index in [0.717, 1.165) is 11.1 Å². The number of hydrogen-bond acceptors (Lipinski definition) is 8. The zero-order valence-corrected chi connectivity index (χ0v) is 30.0. The molecule has 3 aromatic carbocycles. The molecule has 13 nitrogen and oxygen atoms in total. The molecule has 4 N–H and O–H groups in total. The molecule has 0 saturated heterocycles. The van der Waals surface area contributed by atoms with Crippen LogP contribution in [0.15, 0.2) is 72.8 Å². The predicted molar refractivity (Wildman–Crippen MR) is 193 cm³/mol. The van der Waals surface area contributed by atoms with Crippen molar-refractivity contribution in [3.8, 4) is 17.2 Å². The van der Waals surface area contributed by atoms with Crippen molar-refractivity contribution in [2.75, 3.05) is 33.4 Å². The molecule has 5 rings (SSSR count). The normalized spacial score (nSPS) is 21.5. The van der Waals surface area contributed by atoms with Crippen molar-refractivity contribution in [2.45, 2.75) is 64.2 Å². The van der Waals surface area contributed by atoms with E-state index in [0.29, 0.717) is 31.1 Å². The topological polar surface area (TPSA) is 164 Å². The van der Waals surface area contributed by atoms with Crippen LogP contribution in [0.1, 0.15) is 48.7 Å². The van der Waals surface area contributed by atoms with Gasteiger partial charge < -0.3 is 40.4 Å². The fourth-order valence-corrected chi connectivity index (χ4v) is 6.03. The van der Waals surface area contributed by atoms with Crippen molar-refractivity contribution in [3.05, 3.63) is 89.5 Å². The van der Waals surface area contributed by atoms with Crippen LogP contribution in [0.4, 0.5) is 0 Å². The molecule has 0 fully saturated rings. The van der Waals surface area contributed by atoms with E-state index >= 15 is 0 Å². The number of fused-ring (bicyclic) bond motifs is 2. The zero-order chi connectivity index (χ0) is 37.2. The summed E-state index contributed by atoms with van der Waals surface area (Å²) < 4.78 is 17.2. The lowest BCUT2D eigenvalue weighted by molar-refractivity contribution is -0.141. The number of nitrogens with one attached hydrogen (secondary N) is 4. The lowest BCUT2D eigenvalue weighted by Gasteiger charge is -2.31. The summed E-state index contributed by atoms with van der Waals surface area (Å²) in [5.41, 5.74) is 1.85. The third-order valence-corrected chi connectivity index (χ3v) is 9.01. The average Bonchev–Trinajstić information content (AvgIpc) is 3.14. The van der Waals surface area contributed by atoms with Gasteiger partial charge in [-0.3, -0.25) is 24.0 Å². The highest BCUT2D eigenvalue weighted by molar-refractivity contribution is 6.01. The third-order valence-electron chi connectivity index (χ3n) is 9.01. The number of amides is 5. The fourth-order valence-electron chi connectivity index (χ4n) is 6.03. The van der Waals surface area contributed by atoms with Crippen molar-refractivity contribution < 1.29 is 38.2 Å². The molecule has 3 aromatic rings. The largest absolute Gasteiger partial charge is 0.491 e. The Morgan fingerprint density at radius 2 is 1.54 bits per heavy atom. The van der Waals surface area contributed by atoms with Crippen LogP contribution < -0.4 is 35.5 Å². The lowest BCUT2D eigenvalue weighted by atomic mass is 9.99. The van der Waals surface area contributed by atoms with Gasteiger partial charge in [-0.05, 0) is 54.7 Å². The number of carbonyl (C=O) groups excluding carboxylic acids is 5. The van der Waals surface area contributed by atoms with Crippen LogP contribution in [0.25, 0.3) is 0 Å². The van der Waals surface area contributed by atoms with E-state index in [4.69, 9.17) is 14.2 Å². The molecule has 13 heteroatoms. The van der Waals surface area contributed by atoms with Crippen LogP contribution >= 0.6 is 0 Å². The highest BCUT2D eigenvalue weighted by atomic mass is 16.6. The van der Waals surface area contributed by atoms with E-state index < -0.39 is 60.1 Å². The number of para-hydroxylation sites is 1. The maximum Gasteiger partial charge on any atom is 0.255 e. The molecule has 2 aliphatic rings. The molecule has 0 spiro atoms. The maximum atomic E-state index is 14.0. The Morgan fingerprint density at radius 3 is 2.29 bits per heavy atom. The van der Waals surface area contributed by atoms with Crippen LogP contribution in [-0.2, 0) is 32.0 Å². The quantitative estimate of drug-likeness (QED) is 0.290. The molecule has 0 radical (unpaired) electrons. The van der Waals surface area contributed by atoms with E-state index in [1.807, 2.05) is 62.4 Å². The van der Waals surface area contributed by atoms with Gasteiger partial charge in [0.2, 0.25) is 23.6 Å². The van der Waals surface area contributed by atoms with E-state index in [9.17, 15) is 24.0 Å². The van der Waals surface area contributed by atoms with E-state index in [1.54, 1.807) is 31.2 Å². The molecule has 2 aliphatic heterocycles. The van der Waals surface area contributed by atoms with Gasteiger partial charge in [-0.1, -0.05) is 62.4 Å². The summed E-state index contributed by atoms with van der Waals surface area (Å²) >= 11 is 0. The molecule has 0 bridgehead atoms. The van der Waals surface area contributed by atoms with Crippen molar-refractivity contribution in [3.63, 3.8) is 0 Å². The first-order chi connectivity index (χ1) is 25.0. The first kappa shape index (κ1) is 37.7. The zero-order valence-electron chi connectivity index (χ0n) is 30.0. The second-order valence-electron chi connectivity index (χ2n) is 13.4. The Kier molecular flexibility index (Phi) is 12.7. The highest BCUT2D eigenvalue weighted by Crippen LogP contribution is 2.30. The molecule has 276 valence electrons. The van der Waals surface area contributed by atoms with Gasteiger partial charge in [-0.2, -0.15) is 0 Å². The van der Waals surface area contributed by atoms with Gasteiger partial charge in [-0.25, -0.2) is 0 Å². The molecule has 52 heavy (non-hydrogen) atoms. The van der Waals surface area contributed by atoms with Gasteiger partial charge in [0, 0.05) is 20.0 Å². The molecule has 0 saturated carbocycles. The SMILES string of the molecule is CC(C)[C@H]1NC(=O)[C@H](Cc2ccccc2)N(C)C(=O)C[C@@H](C(=O)NCCc2ccc3c(c2)OCCO3)NC(=O)c2ccccc2OC[C@H](C)NC1=O. The Balaban J connectivity index is 1.42. The van der Waals surface area contributed by atoms with Crippen LogP contribution in [0.3, 0.4) is 0 Å². The summed E-state index contributed by atoms with van der Waals surface area (Å²) in [5.74, 6) is -1.45. The highest BCUT2D eigenvalue weighted by Gasteiger charge is 2.35. The number of likely N-dealkylation sites (N-methyl/N-ethyl adjacent to an activating group) is 1. The number of rotatable bonds is 7. The molecule has 0 aliphatic carbocycles. The Hall–Kier alpha value is -5.59. The standard InChI is InChI=1S/C39H47N5O8/c1-24(2)35-39(49)41-25(3)23-52-31-13-9-8-12-28(31)36(46)42-29(37(47)40-17-16-27-14-15-32-33(21-27)51-19-18-50-32)22-34(45)44(4)30(38(48)43-35)20-26-10-6-5-7-11-26/h5-15,21,24-25,29-30,35H,16-20,22-23H2,1-4H3,(H,40,47)(H,41,49)(H,42,46)(H,43,48)/t25-,29-,30-,35+/m0/s1. The molecular formula is C39H47N5O8. The summed E-state index contributed by atoms with van der Waals surface area (Å²) in [6.45, 7) is 6.56. The minimum atomic E-state index is -1.29. The van der Waals surface area contributed by atoms with E-state index in [-0.39, 0.29) is 36.8 Å². The van der Waals surface area contributed by atoms with Crippen LogP contribution in [0.2, 0.25) is 0 Å². The van der Waals surface area contributed by atoms with Crippen molar-refractivity contribution >= 4 is 29.5 Å². The maximum absolute atomic E-state index is 14.0. The molecule has 4 atom stereocenters. The summed E-state index contributed by atoms with van der Waals surface area (Å²) in [5, 5.41) is 11.4. The van der Waals surface area contributed by atoms with Crippen molar-refractivity contribution in [2.24, 2.45) is 5.92 Å². The molecule has 0 unspecified atom stereocenters. The minimum Gasteiger partial charge on any atom is -0.491 e. The van der Waals surface area contributed by atoms with Gasteiger partial charge in [0.25, 0.3) is 5.91 Å². The number of hydrogen-bond donors (Lipinski definition) is 4. The lowest BCUT2D eigenvalue weighted by Crippen LogP contribution is -2.58. The Morgan fingerprint density at radius 1 is 0.827 bits per heavy atom. The summed E-state index contributed by atoms with van der Waals surface area (Å²) in [6, 6.07) is 17.6. The number of benzene rings is 3. The minimum absolute atomic E-state index is 0.0242. The van der Waals surface area contributed by atoms with Gasteiger partial charge in [0.15, 0.2) is 11.5 Å². The second kappa shape index (κ2) is 17.6. The summed E-state index contributed by atoms with van der Waals surface area (Å²) in [7, 11) is 1.48.